The van der Waals surface area contributed by atoms with Gasteiger partial charge in [0.25, 0.3) is 5.91 Å². The van der Waals surface area contributed by atoms with E-state index in [0.29, 0.717) is 42.1 Å². The van der Waals surface area contributed by atoms with Crippen LogP contribution in [0.3, 0.4) is 0 Å². The molecule has 2 aliphatic heterocycles. The summed E-state index contributed by atoms with van der Waals surface area (Å²) < 4.78 is 29.2. The number of aliphatic imine (C=N–C) groups is 1. The summed E-state index contributed by atoms with van der Waals surface area (Å²) in [6.45, 7) is 5.93. The van der Waals surface area contributed by atoms with Crippen LogP contribution in [0.1, 0.15) is 36.5 Å². The van der Waals surface area contributed by atoms with Crippen LogP contribution in [0.5, 0.6) is 0 Å². The molecule has 2 aliphatic rings. The van der Waals surface area contributed by atoms with Crippen molar-refractivity contribution in [2.45, 2.75) is 38.4 Å². The first kappa shape index (κ1) is 20.0. The first-order chi connectivity index (χ1) is 14.3. The fourth-order valence-corrected chi connectivity index (χ4v) is 3.90. The van der Waals surface area contributed by atoms with Crippen LogP contribution < -0.4 is 16.0 Å². The third-order valence-electron chi connectivity index (χ3n) is 5.32. The molecule has 8 nitrogen and oxygen atoms in total. The number of anilines is 2. The number of carbonyl (C=O) groups is 1. The molecule has 4 rings (SSSR count). The van der Waals surface area contributed by atoms with Crippen molar-refractivity contribution >= 4 is 28.9 Å². The zero-order valence-corrected chi connectivity index (χ0v) is 16.6. The van der Waals surface area contributed by atoms with Gasteiger partial charge in [0.2, 0.25) is 0 Å². The molecule has 0 spiro atoms. The minimum Gasteiger partial charge on any atom is -0.381 e. The van der Waals surface area contributed by atoms with Gasteiger partial charge < -0.3 is 16.0 Å². The smallest absolute Gasteiger partial charge is 0.258 e. The molecule has 2 atom stereocenters. The molecule has 0 unspecified atom stereocenters. The highest BCUT2D eigenvalue weighted by Gasteiger charge is 2.36. The Balaban J connectivity index is 1.83. The summed E-state index contributed by atoms with van der Waals surface area (Å²) >= 11 is 0. The van der Waals surface area contributed by atoms with Gasteiger partial charge in [-0.05, 0) is 31.4 Å². The number of carbonyl (C=O) groups excluding carboxylic acids is 1. The van der Waals surface area contributed by atoms with E-state index in [1.165, 1.54) is 11.4 Å². The summed E-state index contributed by atoms with van der Waals surface area (Å²) in [5, 5.41) is 6.96. The van der Waals surface area contributed by atoms with Crippen molar-refractivity contribution in [3.8, 4) is 0 Å². The number of halogens is 2. The van der Waals surface area contributed by atoms with E-state index in [1.54, 1.807) is 17.2 Å². The molecular weight excluding hydrogens is 392 g/mol. The second-order valence-corrected chi connectivity index (χ2v) is 7.49. The zero-order chi connectivity index (χ0) is 21.4. The lowest BCUT2D eigenvalue weighted by Crippen LogP contribution is -2.34. The molecule has 10 heteroatoms. The molecule has 2 bridgehead atoms. The number of rotatable bonds is 1. The number of allylic oxidation sites excluding steroid dienone is 1. The molecule has 2 aromatic heterocycles. The highest BCUT2D eigenvalue weighted by Crippen LogP contribution is 2.32. The highest BCUT2D eigenvalue weighted by molar-refractivity contribution is 6.04. The maximum absolute atomic E-state index is 14.4. The molecule has 0 radical (unpaired) electrons. The Morgan fingerprint density at radius 3 is 3.07 bits per heavy atom. The summed E-state index contributed by atoms with van der Waals surface area (Å²) in [6, 6.07) is 1.32. The van der Waals surface area contributed by atoms with Crippen molar-refractivity contribution in [2.24, 2.45) is 4.99 Å². The number of hydrogen-bond acceptors (Lipinski definition) is 6. The number of aromatic nitrogens is 3. The van der Waals surface area contributed by atoms with Crippen molar-refractivity contribution in [1.82, 2.24) is 19.9 Å². The van der Waals surface area contributed by atoms with E-state index in [9.17, 15) is 13.6 Å². The molecular formula is C20H23F2N7O. The quantitative estimate of drug-likeness (QED) is 0.746. The van der Waals surface area contributed by atoms with Gasteiger partial charge in [0.15, 0.2) is 11.5 Å². The molecule has 30 heavy (non-hydrogen) atoms. The number of amides is 1. The van der Waals surface area contributed by atoms with Crippen molar-refractivity contribution in [3.05, 3.63) is 42.0 Å². The lowest BCUT2D eigenvalue weighted by Gasteiger charge is -2.27. The second kappa shape index (κ2) is 7.85. The Morgan fingerprint density at radius 2 is 2.30 bits per heavy atom. The fraction of sp³-hybridized carbons (Fsp3) is 0.400. The summed E-state index contributed by atoms with van der Waals surface area (Å²) in [7, 11) is 0. The third kappa shape index (κ3) is 3.64. The van der Waals surface area contributed by atoms with Gasteiger partial charge >= 0.3 is 0 Å². The van der Waals surface area contributed by atoms with Crippen LogP contribution in [0.4, 0.5) is 20.4 Å². The fourth-order valence-electron chi connectivity index (χ4n) is 3.90. The van der Waals surface area contributed by atoms with E-state index in [2.05, 4.69) is 27.0 Å². The van der Waals surface area contributed by atoms with Crippen molar-refractivity contribution < 1.29 is 13.6 Å². The molecule has 1 amide bonds. The molecule has 1 fully saturated rings. The van der Waals surface area contributed by atoms with Gasteiger partial charge in [-0.15, -0.1) is 5.10 Å². The van der Waals surface area contributed by atoms with Crippen LogP contribution in [0.25, 0.3) is 5.65 Å². The maximum Gasteiger partial charge on any atom is 0.258 e. The predicted molar refractivity (Wildman–Crippen MR) is 111 cm³/mol. The number of nitrogen functional groups attached to an aromatic ring is 1. The average Bonchev–Trinajstić information content (AvgIpc) is 3.24. The Hall–Kier alpha value is -3.30. The van der Waals surface area contributed by atoms with Crippen LogP contribution in [-0.2, 0) is 0 Å². The maximum atomic E-state index is 14.4. The lowest BCUT2D eigenvalue weighted by molar-refractivity contribution is 0.0955. The number of nitrogens with two attached hydrogens (primary N) is 1. The SMILES string of the molecule is C=C1/C(=N\C=C(/C)F)CCCNC(=O)c2c(N)nn3ccc(nc23)N2C[C@@H](F)C[C@H]12. The van der Waals surface area contributed by atoms with Gasteiger partial charge in [-0.1, -0.05) is 6.58 Å². The molecule has 4 heterocycles. The van der Waals surface area contributed by atoms with Gasteiger partial charge in [-0.25, -0.2) is 18.3 Å². The minimum atomic E-state index is -1.07. The Bertz CT molecular complexity index is 1070. The Morgan fingerprint density at radius 1 is 1.50 bits per heavy atom. The molecule has 0 saturated carbocycles. The molecule has 0 aliphatic carbocycles. The number of hydrogen-bond donors (Lipinski definition) is 2. The van der Waals surface area contributed by atoms with E-state index in [-0.39, 0.29) is 36.3 Å². The van der Waals surface area contributed by atoms with E-state index >= 15 is 0 Å². The Kier molecular flexibility index (Phi) is 5.23. The zero-order valence-electron chi connectivity index (χ0n) is 16.6. The molecule has 158 valence electrons. The second-order valence-electron chi connectivity index (χ2n) is 7.49. The highest BCUT2D eigenvalue weighted by atomic mass is 19.1. The van der Waals surface area contributed by atoms with E-state index in [1.807, 2.05) is 0 Å². The van der Waals surface area contributed by atoms with Crippen molar-refractivity contribution in [1.29, 1.82) is 0 Å². The largest absolute Gasteiger partial charge is 0.381 e. The summed E-state index contributed by atoms with van der Waals surface area (Å²) in [5.41, 5.74) is 7.64. The van der Waals surface area contributed by atoms with Crippen LogP contribution in [-0.4, -0.2) is 51.5 Å². The van der Waals surface area contributed by atoms with Gasteiger partial charge in [0.1, 0.15) is 23.4 Å². The predicted octanol–water partition coefficient (Wildman–Crippen LogP) is 2.58. The summed E-state index contributed by atoms with van der Waals surface area (Å²) in [4.78, 5) is 23.3. The molecule has 0 aromatic carbocycles. The topological polar surface area (TPSA) is 101 Å². The summed E-state index contributed by atoms with van der Waals surface area (Å²) in [5.74, 6) is -0.264. The van der Waals surface area contributed by atoms with Crippen LogP contribution in [0, 0.1) is 0 Å². The van der Waals surface area contributed by atoms with Gasteiger partial charge in [0, 0.05) is 24.9 Å². The van der Waals surface area contributed by atoms with Gasteiger partial charge in [0.05, 0.1) is 18.8 Å². The van der Waals surface area contributed by atoms with E-state index in [4.69, 9.17) is 5.73 Å². The first-order valence-corrected chi connectivity index (χ1v) is 9.77. The van der Waals surface area contributed by atoms with Crippen LogP contribution >= 0.6 is 0 Å². The molecule has 2 aromatic rings. The number of fused-ring (bicyclic) bond motifs is 3. The normalized spacial score (nSPS) is 24.6. The Labute approximate surface area is 172 Å². The van der Waals surface area contributed by atoms with Gasteiger partial charge in [-0.3, -0.25) is 9.79 Å². The van der Waals surface area contributed by atoms with Gasteiger partial charge in [-0.2, -0.15) is 0 Å². The molecule has 1 saturated heterocycles. The van der Waals surface area contributed by atoms with Crippen LogP contribution in [0.2, 0.25) is 0 Å². The monoisotopic (exact) mass is 415 g/mol. The number of nitrogens with zero attached hydrogens (tertiary/aromatic N) is 5. The van der Waals surface area contributed by atoms with E-state index in [0.717, 1.165) is 6.20 Å². The van der Waals surface area contributed by atoms with Crippen molar-refractivity contribution in [3.63, 3.8) is 0 Å². The first-order valence-electron chi connectivity index (χ1n) is 9.77. The van der Waals surface area contributed by atoms with Crippen molar-refractivity contribution in [2.75, 3.05) is 23.7 Å². The number of nitrogens with one attached hydrogen (secondary N) is 1. The lowest BCUT2D eigenvalue weighted by atomic mass is 9.97. The minimum absolute atomic E-state index is 0.0728. The van der Waals surface area contributed by atoms with E-state index < -0.39 is 12.0 Å². The standard InChI is InChI=1S/C20H23F2N7O/c1-11(21)9-25-14-4-3-6-24-20(30)17-18(23)27-29-7-5-16(26-19(17)29)28-10-13(22)8-15(28)12(14)2/h5,7,9,13,15H,2-4,6,8,10H2,1H3,(H2,23,27)(H,24,30)/b11-9+,25-14-/t13-,15+/m0/s1. The van der Waals surface area contributed by atoms with Crippen LogP contribution in [0.15, 0.2) is 41.4 Å². The molecule has 3 N–H and O–H groups in total. The third-order valence-corrected chi connectivity index (χ3v) is 5.32. The summed E-state index contributed by atoms with van der Waals surface area (Å²) in [6.07, 6.45) is 2.93. The number of alkyl halides is 1. The average molecular weight is 415 g/mol.